The minimum atomic E-state index is 0.0544. The number of nitrogens with zero attached hydrogens (tertiary/aromatic N) is 5. The van der Waals surface area contributed by atoms with E-state index in [4.69, 9.17) is 0 Å². The average Bonchev–Trinajstić information content (AvgIpc) is 3.28. The largest absolute Gasteiger partial charge is 0.355 e. The van der Waals surface area contributed by atoms with E-state index in [2.05, 4.69) is 68.0 Å². The Morgan fingerprint density at radius 2 is 1.91 bits per heavy atom. The number of fused-ring (bicyclic) bond motifs is 1. The van der Waals surface area contributed by atoms with E-state index >= 15 is 0 Å². The summed E-state index contributed by atoms with van der Waals surface area (Å²) in [5.41, 5.74) is 1.34. The first-order valence-corrected chi connectivity index (χ1v) is 12.6. The van der Waals surface area contributed by atoms with E-state index in [9.17, 15) is 4.79 Å². The van der Waals surface area contributed by atoms with Gasteiger partial charge in [0.2, 0.25) is 5.91 Å². The quantitative estimate of drug-likeness (QED) is 0.593. The molecular formula is C25H31N5OS. The van der Waals surface area contributed by atoms with Gasteiger partial charge in [0.1, 0.15) is 17.0 Å². The Hall–Kier alpha value is -2.51. The molecule has 1 amide bonds. The maximum Gasteiger partial charge on any atom is 0.227 e. The van der Waals surface area contributed by atoms with E-state index in [0.29, 0.717) is 5.91 Å². The first kappa shape index (κ1) is 21.3. The third-order valence-electron chi connectivity index (χ3n) is 6.71. The molecule has 0 bridgehead atoms. The minimum absolute atomic E-state index is 0.0544. The number of hydrogen-bond donors (Lipinski definition) is 0. The lowest BCUT2D eigenvalue weighted by Gasteiger charge is -2.39. The topological polar surface area (TPSA) is 52.6 Å². The van der Waals surface area contributed by atoms with Gasteiger partial charge < -0.3 is 9.80 Å². The van der Waals surface area contributed by atoms with Gasteiger partial charge in [-0.25, -0.2) is 9.97 Å². The monoisotopic (exact) mass is 449 g/mol. The van der Waals surface area contributed by atoms with Crippen LogP contribution in [0.2, 0.25) is 0 Å². The van der Waals surface area contributed by atoms with Gasteiger partial charge in [-0.15, -0.1) is 11.3 Å². The molecule has 0 N–H and O–H groups in total. The summed E-state index contributed by atoms with van der Waals surface area (Å²) < 4.78 is 0. The van der Waals surface area contributed by atoms with Gasteiger partial charge >= 0.3 is 0 Å². The van der Waals surface area contributed by atoms with Crippen molar-refractivity contribution in [3.63, 3.8) is 0 Å². The molecule has 5 rings (SSSR count). The highest BCUT2D eigenvalue weighted by Crippen LogP contribution is 2.33. The van der Waals surface area contributed by atoms with Gasteiger partial charge in [-0.2, -0.15) is 0 Å². The highest BCUT2D eigenvalue weighted by atomic mass is 32.1. The van der Waals surface area contributed by atoms with E-state index in [1.54, 1.807) is 17.7 Å². The van der Waals surface area contributed by atoms with Crippen LogP contribution in [0.5, 0.6) is 0 Å². The number of amides is 1. The third-order valence-corrected chi connectivity index (χ3v) is 7.90. The second-order valence-electron chi connectivity index (χ2n) is 8.85. The fourth-order valence-electron chi connectivity index (χ4n) is 4.92. The Morgan fingerprint density at radius 1 is 1.09 bits per heavy atom. The molecule has 1 aromatic carbocycles. The highest BCUT2D eigenvalue weighted by Gasteiger charge is 2.32. The van der Waals surface area contributed by atoms with Crippen LogP contribution in [0.15, 0.2) is 42.7 Å². The number of rotatable bonds is 5. The average molecular weight is 450 g/mol. The molecule has 2 aromatic heterocycles. The van der Waals surface area contributed by atoms with Gasteiger partial charge in [0, 0.05) is 50.7 Å². The lowest BCUT2D eigenvalue weighted by Crippen LogP contribution is -2.52. The van der Waals surface area contributed by atoms with Crippen molar-refractivity contribution < 1.29 is 4.79 Å². The Labute approximate surface area is 193 Å². The van der Waals surface area contributed by atoms with Crippen LogP contribution >= 0.6 is 11.3 Å². The summed E-state index contributed by atoms with van der Waals surface area (Å²) in [6.45, 7) is 8.38. The number of anilines is 1. The summed E-state index contributed by atoms with van der Waals surface area (Å²) in [4.78, 5) is 31.7. The van der Waals surface area contributed by atoms with Gasteiger partial charge in [0.25, 0.3) is 0 Å². The van der Waals surface area contributed by atoms with Crippen LogP contribution < -0.4 is 4.90 Å². The van der Waals surface area contributed by atoms with E-state index in [1.165, 1.54) is 10.4 Å². The number of piperazine rings is 1. The smallest absolute Gasteiger partial charge is 0.227 e. The molecule has 0 radical (unpaired) electrons. The van der Waals surface area contributed by atoms with Crippen molar-refractivity contribution >= 4 is 33.3 Å². The van der Waals surface area contributed by atoms with Crippen LogP contribution in [0.4, 0.5) is 5.82 Å². The Bertz CT molecular complexity index is 1060. The van der Waals surface area contributed by atoms with E-state index in [0.717, 1.165) is 81.1 Å². The lowest BCUT2D eigenvalue weighted by atomic mass is 9.96. The number of thiophene rings is 1. The molecule has 2 aliphatic rings. The molecule has 0 saturated carbocycles. The maximum atomic E-state index is 13.4. The minimum Gasteiger partial charge on any atom is -0.355 e. The fraction of sp³-hybridized carbons (Fsp3) is 0.480. The molecule has 2 fully saturated rings. The van der Waals surface area contributed by atoms with Crippen LogP contribution in [-0.2, 0) is 17.8 Å². The van der Waals surface area contributed by atoms with Crippen molar-refractivity contribution in [3.05, 3.63) is 53.2 Å². The summed E-state index contributed by atoms with van der Waals surface area (Å²) >= 11 is 1.75. The zero-order chi connectivity index (χ0) is 21.9. The van der Waals surface area contributed by atoms with Gasteiger partial charge in [-0.1, -0.05) is 37.3 Å². The molecule has 1 unspecified atom stereocenters. The fourth-order valence-corrected chi connectivity index (χ4v) is 5.85. The third kappa shape index (κ3) is 4.50. The first-order chi connectivity index (χ1) is 15.7. The van der Waals surface area contributed by atoms with Crippen LogP contribution in [0, 0.1) is 5.92 Å². The van der Waals surface area contributed by atoms with Crippen LogP contribution in [0.1, 0.15) is 30.2 Å². The number of aromatic nitrogens is 2. The van der Waals surface area contributed by atoms with Crippen molar-refractivity contribution in [1.82, 2.24) is 19.8 Å². The van der Waals surface area contributed by atoms with Crippen molar-refractivity contribution in [3.8, 4) is 0 Å². The van der Waals surface area contributed by atoms with E-state index < -0.39 is 0 Å². The number of carbonyl (C=O) groups excluding carboxylic acids is 1. The maximum absolute atomic E-state index is 13.4. The van der Waals surface area contributed by atoms with Crippen molar-refractivity contribution in [2.45, 2.75) is 32.7 Å². The lowest BCUT2D eigenvalue weighted by molar-refractivity contribution is -0.137. The second kappa shape index (κ2) is 9.55. The zero-order valence-corrected chi connectivity index (χ0v) is 19.6. The van der Waals surface area contributed by atoms with Crippen LogP contribution in [0.3, 0.4) is 0 Å². The van der Waals surface area contributed by atoms with E-state index in [-0.39, 0.29) is 5.92 Å². The number of carbonyl (C=O) groups is 1. The first-order valence-electron chi connectivity index (χ1n) is 11.7. The highest BCUT2D eigenvalue weighted by molar-refractivity contribution is 7.18. The summed E-state index contributed by atoms with van der Waals surface area (Å²) in [7, 11) is 0. The molecule has 6 nitrogen and oxygen atoms in total. The van der Waals surface area contributed by atoms with Crippen molar-refractivity contribution in [2.24, 2.45) is 5.92 Å². The standard InChI is InChI=1S/C25H31N5OS/c1-2-21-15-22-23(26-18-27-24(22)32-21)30-10-6-9-20(17-30)25(31)29-13-11-28(12-14-29)16-19-7-4-3-5-8-19/h3-5,7-8,15,18,20H,2,6,9-14,16-17H2,1H3. The Kier molecular flexibility index (Phi) is 6.37. The molecule has 0 spiro atoms. The predicted octanol–water partition coefficient (Wildman–Crippen LogP) is 3.81. The van der Waals surface area contributed by atoms with Gasteiger partial charge in [-0.3, -0.25) is 9.69 Å². The molecule has 4 heterocycles. The molecule has 32 heavy (non-hydrogen) atoms. The molecule has 2 aliphatic heterocycles. The van der Waals surface area contributed by atoms with Gasteiger partial charge in [-0.05, 0) is 30.9 Å². The number of aryl methyl sites for hydroxylation is 1. The SMILES string of the molecule is CCc1cc2c(N3CCCC(C(=O)N4CCN(Cc5ccccc5)CC4)C3)ncnc2s1. The molecular weight excluding hydrogens is 418 g/mol. The second-order valence-corrected chi connectivity index (χ2v) is 9.97. The predicted molar refractivity (Wildman–Crippen MR) is 130 cm³/mol. The summed E-state index contributed by atoms with van der Waals surface area (Å²) in [6.07, 6.45) is 4.68. The number of benzene rings is 1. The number of piperidine rings is 1. The van der Waals surface area contributed by atoms with Crippen LogP contribution in [-0.4, -0.2) is 64.9 Å². The Balaban J connectivity index is 1.21. The normalized spacial score (nSPS) is 20.1. The summed E-state index contributed by atoms with van der Waals surface area (Å²) in [6, 6.07) is 12.8. The molecule has 0 aliphatic carbocycles. The van der Waals surface area contributed by atoms with Gasteiger partial charge in [0.05, 0.1) is 11.3 Å². The Morgan fingerprint density at radius 3 is 2.69 bits per heavy atom. The van der Waals surface area contributed by atoms with Crippen molar-refractivity contribution in [2.75, 3.05) is 44.2 Å². The molecule has 7 heteroatoms. The van der Waals surface area contributed by atoms with Crippen LogP contribution in [0.25, 0.3) is 10.2 Å². The summed E-state index contributed by atoms with van der Waals surface area (Å²) in [5.74, 6) is 1.37. The zero-order valence-electron chi connectivity index (χ0n) is 18.7. The number of hydrogen-bond acceptors (Lipinski definition) is 6. The van der Waals surface area contributed by atoms with Crippen molar-refractivity contribution in [1.29, 1.82) is 0 Å². The molecule has 3 aromatic rings. The molecule has 2 saturated heterocycles. The molecule has 168 valence electrons. The van der Waals surface area contributed by atoms with E-state index in [1.807, 2.05) is 0 Å². The molecule has 1 atom stereocenters. The summed E-state index contributed by atoms with van der Waals surface area (Å²) in [5, 5.41) is 1.14. The van der Waals surface area contributed by atoms with Gasteiger partial charge in [0.15, 0.2) is 0 Å².